The lowest BCUT2D eigenvalue weighted by atomic mass is 10.2. The normalized spacial score (nSPS) is 20.6. The summed E-state index contributed by atoms with van der Waals surface area (Å²) in [5, 5.41) is 5.15. The molecule has 16 heavy (non-hydrogen) atoms. The molecule has 1 aliphatic rings. The molecule has 1 fully saturated rings. The fourth-order valence-electron chi connectivity index (χ4n) is 2.04. The molecule has 0 aromatic carbocycles. The van der Waals surface area contributed by atoms with Crippen molar-refractivity contribution in [3.05, 3.63) is 24.2 Å². The summed E-state index contributed by atoms with van der Waals surface area (Å²) in [5.74, 6) is 2.22. The second kappa shape index (κ2) is 3.97. The predicted octanol–water partition coefficient (Wildman–Crippen LogP) is 1.75. The first kappa shape index (κ1) is 9.96. The van der Waals surface area contributed by atoms with Gasteiger partial charge in [0.25, 0.3) is 0 Å². The second-order valence-corrected chi connectivity index (χ2v) is 5.54. The van der Waals surface area contributed by atoms with Crippen LogP contribution < -0.4 is 5.73 Å². The summed E-state index contributed by atoms with van der Waals surface area (Å²) in [6.45, 7) is 0. The van der Waals surface area contributed by atoms with E-state index in [4.69, 9.17) is 5.73 Å². The molecular formula is C11H14N4S. The van der Waals surface area contributed by atoms with E-state index in [1.807, 2.05) is 30.1 Å². The third-order valence-corrected chi connectivity index (χ3v) is 4.23. The second-order valence-electron chi connectivity index (χ2n) is 4.13. The minimum absolute atomic E-state index is 0.703. The SMILES string of the molecule is Nc1ccc2nc(CC3CCCS3)nn2c1. The molecule has 0 radical (unpaired) electrons. The minimum atomic E-state index is 0.703. The fourth-order valence-corrected chi connectivity index (χ4v) is 3.31. The van der Waals surface area contributed by atoms with Gasteiger partial charge in [-0.1, -0.05) is 0 Å². The molecule has 0 saturated carbocycles. The third-order valence-electron chi connectivity index (χ3n) is 2.83. The Labute approximate surface area is 98.2 Å². The summed E-state index contributed by atoms with van der Waals surface area (Å²) in [4.78, 5) is 4.50. The number of nitrogens with zero attached hydrogens (tertiary/aromatic N) is 3. The van der Waals surface area contributed by atoms with Crippen molar-refractivity contribution in [2.75, 3.05) is 11.5 Å². The highest BCUT2D eigenvalue weighted by Gasteiger charge is 2.18. The average molecular weight is 234 g/mol. The van der Waals surface area contributed by atoms with Gasteiger partial charge in [0, 0.05) is 11.7 Å². The average Bonchev–Trinajstić information content (AvgIpc) is 2.86. The Morgan fingerprint density at radius 3 is 3.25 bits per heavy atom. The van der Waals surface area contributed by atoms with Gasteiger partial charge in [0.15, 0.2) is 11.5 Å². The van der Waals surface area contributed by atoms with E-state index >= 15 is 0 Å². The van der Waals surface area contributed by atoms with Crippen molar-refractivity contribution < 1.29 is 0 Å². The van der Waals surface area contributed by atoms with E-state index < -0.39 is 0 Å². The van der Waals surface area contributed by atoms with Crippen molar-refractivity contribution >= 4 is 23.1 Å². The van der Waals surface area contributed by atoms with Crippen LogP contribution in [-0.4, -0.2) is 25.6 Å². The number of hydrogen-bond donors (Lipinski definition) is 1. The quantitative estimate of drug-likeness (QED) is 0.860. The van der Waals surface area contributed by atoms with Crippen LogP contribution in [0.1, 0.15) is 18.7 Å². The maximum absolute atomic E-state index is 5.70. The van der Waals surface area contributed by atoms with Crippen molar-refractivity contribution in [2.24, 2.45) is 0 Å². The largest absolute Gasteiger partial charge is 0.397 e. The van der Waals surface area contributed by atoms with E-state index in [-0.39, 0.29) is 0 Å². The van der Waals surface area contributed by atoms with Gasteiger partial charge < -0.3 is 5.73 Å². The van der Waals surface area contributed by atoms with Crippen LogP contribution in [0, 0.1) is 0 Å². The molecule has 2 aromatic heterocycles. The monoisotopic (exact) mass is 234 g/mol. The Hall–Kier alpha value is -1.23. The van der Waals surface area contributed by atoms with Gasteiger partial charge in [-0.25, -0.2) is 9.50 Å². The number of pyridine rings is 1. The number of rotatable bonds is 2. The molecule has 5 heteroatoms. The lowest BCUT2D eigenvalue weighted by Crippen LogP contribution is -2.03. The molecule has 0 spiro atoms. The van der Waals surface area contributed by atoms with Crippen LogP contribution >= 0.6 is 11.8 Å². The maximum Gasteiger partial charge on any atom is 0.155 e. The molecule has 84 valence electrons. The van der Waals surface area contributed by atoms with Crippen molar-refractivity contribution in [1.29, 1.82) is 0 Å². The van der Waals surface area contributed by atoms with Crippen molar-refractivity contribution in [1.82, 2.24) is 14.6 Å². The Bertz CT molecular complexity index is 502. The van der Waals surface area contributed by atoms with Crippen LogP contribution in [0.4, 0.5) is 5.69 Å². The van der Waals surface area contributed by atoms with E-state index in [9.17, 15) is 0 Å². The molecule has 3 heterocycles. The van der Waals surface area contributed by atoms with E-state index in [1.165, 1.54) is 18.6 Å². The molecule has 1 saturated heterocycles. The molecule has 2 N–H and O–H groups in total. The Balaban J connectivity index is 1.86. The molecule has 0 amide bonds. The highest BCUT2D eigenvalue weighted by atomic mass is 32.2. The molecule has 0 aliphatic carbocycles. The first-order chi connectivity index (χ1) is 7.81. The first-order valence-electron chi connectivity index (χ1n) is 5.54. The van der Waals surface area contributed by atoms with Gasteiger partial charge in [0.1, 0.15) is 0 Å². The molecule has 1 atom stereocenters. The highest BCUT2D eigenvalue weighted by molar-refractivity contribution is 8.00. The lowest BCUT2D eigenvalue weighted by Gasteiger charge is -2.02. The van der Waals surface area contributed by atoms with Crippen LogP contribution in [0.3, 0.4) is 0 Å². The van der Waals surface area contributed by atoms with E-state index in [1.54, 1.807) is 4.52 Å². The van der Waals surface area contributed by atoms with Crippen LogP contribution in [0.25, 0.3) is 5.65 Å². The number of anilines is 1. The highest BCUT2D eigenvalue weighted by Crippen LogP contribution is 2.28. The zero-order valence-electron chi connectivity index (χ0n) is 8.97. The number of aromatic nitrogens is 3. The number of nitrogen functional groups attached to an aromatic ring is 1. The number of hydrogen-bond acceptors (Lipinski definition) is 4. The standard InChI is InChI=1S/C11H14N4S/c12-8-3-4-11-13-10(14-15(11)7-8)6-9-2-1-5-16-9/h3-4,7,9H,1-2,5-6,12H2. The molecular weight excluding hydrogens is 220 g/mol. The van der Waals surface area contributed by atoms with Gasteiger partial charge in [0.2, 0.25) is 0 Å². The number of nitrogens with two attached hydrogens (primary N) is 1. The van der Waals surface area contributed by atoms with Gasteiger partial charge in [0.05, 0.1) is 11.9 Å². The van der Waals surface area contributed by atoms with E-state index in [2.05, 4.69) is 10.1 Å². The lowest BCUT2D eigenvalue weighted by molar-refractivity contribution is 0.742. The molecule has 3 rings (SSSR count). The third kappa shape index (κ3) is 1.87. The maximum atomic E-state index is 5.70. The Morgan fingerprint density at radius 1 is 1.50 bits per heavy atom. The van der Waals surface area contributed by atoms with Gasteiger partial charge >= 0.3 is 0 Å². The molecule has 1 aliphatic heterocycles. The molecule has 2 aromatic rings. The molecule has 0 bridgehead atoms. The van der Waals surface area contributed by atoms with Crippen molar-refractivity contribution in [2.45, 2.75) is 24.5 Å². The van der Waals surface area contributed by atoms with Gasteiger partial charge in [-0.15, -0.1) is 0 Å². The fraction of sp³-hybridized carbons (Fsp3) is 0.455. The first-order valence-corrected chi connectivity index (χ1v) is 6.58. The zero-order valence-corrected chi connectivity index (χ0v) is 9.78. The van der Waals surface area contributed by atoms with Crippen LogP contribution in [-0.2, 0) is 6.42 Å². The predicted molar refractivity (Wildman–Crippen MR) is 66.6 cm³/mol. The summed E-state index contributed by atoms with van der Waals surface area (Å²) in [7, 11) is 0. The summed E-state index contributed by atoms with van der Waals surface area (Å²) in [5.41, 5.74) is 7.31. The summed E-state index contributed by atoms with van der Waals surface area (Å²) in [6, 6.07) is 3.77. The Kier molecular flexibility index (Phi) is 2.47. The smallest absolute Gasteiger partial charge is 0.155 e. The van der Waals surface area contributed by atoms with Crippen molar-refractivity contribution in [3.8, 4) is 0 Å². The van der Waals surface area contributed by atoms with E-state index in [0.717, 1.165) is 23.6 Å². The van der Waals surface area contributed by atoms with Crippen molar-refractivity contribution in [3.63, 3.8) is 0 Å². The van der Waals surface area contributed by atoms with Gasteiger partial charge in [-0.3, -0.25) is 0 Å². The van der Waals surface area contributed by atoms with E-state index in [0.29, 0.717) is 5.25 Å². The number of thioether (sulfide) groups is 1. The molecule has 1 unspecified atom stereocenters. The van der Waals surface area contributed by atoms with Crippen LogP contribution in [0.2, 0.25) is 0 Å². The summed E-state index contributed by atoms with van der Waals surface area (Å²) in [6.07, 6.45) is 5.41. The summed E-state index contributed by atoms with van der Waals surface area (Å²) < 4.78 is 1.77. The number of fused-ring (bicyclic) bond motifs is 1. The van der Waals surface area contributed by atoms with Crippen LogP contribution in [0.15, 0.2) is 18.3 Å². The Morgan fingerprint density at radius 2 is 2.44 bits per heavy atom. The minimum Gasteiger partial charge on any atom is -0.397 e. The topological polar surface area (TPSA) is 56.2 Å². The molecule has 4 nitrogen and oxygen atoms in total. The zero-order chi connectivity index (χ0) is 11.0. The van der Waals surface area contributed by atoms with Gasteiger partial charge in [-0.05, 0) is 30.7 Å². The van der Waals surface area contributed by atoms with Gasteiger partial charge in [-0.2, -0.15) is 16.9 Å². The van der Waals surface area contributed by atoms with Crippen LogP contribution in [0.5, 0.6) is 0 Å². The summed E-state index contributed by atoms with van der Waals surface area (Å²) >= 11 is 2.04.